The molecule has 0 radical (unpaired) electrons. The highest BCUT2D eigenvalue weighted by Crippen LogP contribution is 2.29. The van der Waals surface area contributed by atoms with Crippen LogP contribution in [0.1, 0.15) is 24.8 Å². The smallest absolute Gasteiger partial charge is 0.250 e. The molecule has 5 heteroatoms. The monoisotopic (exact) mass is 336 g/mol. The van der Waals surface area contributed by atoms with Crippen LogP contribution in [0.5, 0.6) is 0 Å². The van der Waals surface area contributed by atoms with Gasteiger partial charge < -0.3 is 9.80 Å². The number of halogens is 1. The van der Waals surface area contributed by atoms with Crippen LogP contribution in [0.15, 0.2) is 22.7 Å². The third kappa shape index (κ3) is 2.24. The van der Waals surface area contributed by atoms with Crippen LogP contribution < -0.4 is 4.90 Å². The van der Waals surface area contributed by atoms with Crippen molar-refractivity contribution < 1.29 is 9.59 Å². The van der Waals surface area contributed by atoms with E-state index in [2.05, 4.69) is 15.9 Å². The quantitative estimate of drug-likeness (QED) is 0.790. The molecule has 2 amide bonds. The van der Waals surface area contributed by atoms with Gasteiger partial charge in [0.25, 0.3) is 0 Å². The first-order valence-corrected chi connectivity index (χ1v) is 7.74. The van der Waals surface area contributed by atoms with E-state index in [0.29, 0.717) is 0 Å². The predicted octanol–water partition coefficient (Wildman–Crippen LogP) is 2.49. The summed E-state index contributed by atoms with van der Waals surface area (Å²) >= 11 is 3.48. The van der Waals surface area contributed by atoms with E-state index in [9.17, 15) is 9.59 Å². The molecule has 0 saturated carbocycles. The summed E-state index contributed by atoms with van der Waals surface area (Å²) in [5, 5.41) is 0. The molecule has 1 aromatic rings. The largest absolute Gasteiger partial charge is 0.329 e. The molecule has 0 aromatic heterocycles. The van der Waals surface area contributed by atoms with Gasteiger partial charge in [0, 0.05) is 16.7 Å². The fourth-order valence-corrected chi connectivity index (χ4v) is 3.31. The Morgan fingerprint density at radius 3 is 2.80 bits per heavy atom. The summed E-state index contributed by atoms with van der Waals surface area (Å²) in [6.07, 6.45) is 2.81. The minimum absolute atomic E-state index is 0.0556. The van der Waals surface area contributed by atoms with Gasteiger partial charge in [-0.1, -0.05) is 22.0 Å². The molecule has 106 valence electrons. The first-order valence-electron chi connectivity index (χ1n) is 6.95. The highest BCUT2D eigenvalue weighted by atomic mass is 79.9. The normalized spacial score (nSPS) is 23.0. The summed E-state index contributed by atoms with van der Waals surface area (Å²) < 4.78 is 0.960. The first-order chi connectivity index (χ1) is 9.58. The van der Waals surface area contributed by atoms with Crippen molar-refractivity contribution in [1.82, 2.24) is 4.90 Å². The Morgan fingerprint density at radius 2 is 2.05 bits per heavy atom. The number of rotatable bonds is 1. The number of fused-ring (bicyclic) bond motifs is 1. The van der Waals surface area contributed by atoms with Gasteiger partial charge in [-0.15, -0.1) is 0 Å². The second-order valence-electron chi connectivity index (χ2n) is 5.46. The summed E-state index contributed by atoms with van der Waals surface area (Å²) in [4.78, 5) is 28.2. The summed E-state index contributed by atoms with van der Waals surface area (Å²) in [7, 11) is 0. The Labute approximate surface area is 126 Å². The fraction of sp³-hybridized carbons (Fsp3) is 0.467. The van der Waals surface area contributed by atoms with Crippen molar-refractivity contribution in [1.29, 1.82) is 0 Å². The summed E-state index contributed by atoms with van der Waals surface area (Å²) in [6, 6.07) is 5.53. The highest BCUT2D eigenvalue weighted by molar-refractivity contribution is 9.10. The Balaban J connectivity index is 1.92. The van der Waals surface area contributed by atoms with E-state index in [1.807, 2.05) is 25.1 Å². The molecule has 20 heavy (non-hydrogen) atoms. The van der Waals surface area contributed by atoms with Crippen molar-refractivity contribution in [3.63, 3.8) is 0 Å². The lowest BCUT2D eigenvalue weighted by Crippen LogP contribution is -2.61. The lowest BCUT2D eigenvalue weighted by molar-refractivity contribution is -0.144. The van der Waals surface area contributed by atoms with E-state index in [1.54, 1.807) is 9.80 Å². The number of benzene rings is 1. The second kappa shape index (κ2) is 5.20. The second-order valence-corrected chi connectivity index (χ2v) is 6.31. The molecule has 0 spiro atoms. The maximum atomic E-state index is 12.6. The first kappa shape index (κ1) is 13.6. The van der Waals surface area contributed by atoms with Gasteiger partial charge in [0.2, 0.25) is 11.8 Å². The summed E-state index contributed by atoms with van der Waals surface area (Å²) in [5.41, 5.74) is 1.91. The molecular weight excluding hydrogens is 320 g/mol. The molecule has 2 aliphatic rings. The zero-order chi connectivity index (χ0) is 14.3. The van der Waals surface area contributed by atoms with Gasteiger partial charge in [0.05, 0.1) is 0 Å². The lowest BCUT2D eigenvalue weighted by Gasteiger charge is -2.42. The van der Waals surface area contributed by atoms with Gasteiger partial charge in [0.1, 0.15) is 12.6 Å². The molecule has 4 nitrogen and oxygen atoms in total. The third-order valence-electron chi connectivity index (χ3n) is 4.13. The number of piperazine rings is 1. The van der Waals surface area contributed by atoms with Crippen LogP contribution in [0.4, 0.5) is 5.69 Å². The van der Waals surface area contributed by atoms with E-state index in [0.717, 1.165) is 41.5 Å². The van der Waals surface area contributed by atoms with E-state index in [1.165, 1.54) is 0 Å². The fourth-order valence-electron chi connectivity index (χ4n) is 2.94. The molecule has 1 aromatic carbocycles. The van der Waals surface area contributed by atoms with Crippen LogP contribution in [0.25, 0.3) is 0 Å². The number of anilines is 1. The van der Waals surface area contributed by atoms with Gasteiger partial charge in [-0.2, -0.15) is 0 Å². The molecule has 2 fully saturated rings. The number of nitrogens with zero attached hydrogens (tertiary/aromatic N) is 2. The van der Waals surface area contributed by atoms with Crippen molar-refractivity contribution in [2.45, 2.75) is 32.2 Å². The standard InChI is InChI=1S/C15H17BrN2O2/c1-10-5-6-11(8-12(10)16)18-9-14(19)17-7-3-2-4-13(17)15(18)20/h5-6,8,13H,2-4,7,9H2,1H3. The minimum atomic E-state index is -0.259. The number of aryl methyl sites for hydroxylation is 1. The van der Waals surface area contributed by atoms with Gasteiger partial charge in [0.15, 0.2) is 0 Å². The Bertz CT molecular complexity index is 573. The van der Waals surface area contributed by atoms with E-state index >= 15 is 0 Å². The van der Waals surface area contributed by atoms with Crippen molar-refractivity contribution in [3.8, 4) is 0 Å². The topological polar surface area (TPSA) is 40.6 Å². The maximum Gasteiger partial charge on any atom is 0.250 e. The number of amides is 2. The van der Waals surface area contributed by atoms with Crippen LogP contribution in [0.3, 0.4) is 0 Å². The minimum Gasteiger partial charge on any atom is -0.329 e. The highest BCUT2D eigenvalue weighted by Gasteiger charge is 2.40. The molecule has 2 heterocycles. The molecule has 2 aliphatic heterocycles. The Morgan fingerprint density at radius 1 is 1.25 bits per heavy atom. The third-order valence-corrected chi connectivity index (χ3v) is 4.99. The maximum absolute atomic E-state index is 12.6. The molecule has 1 unspecified atom stereocenters. The number of carbonyl (C=O) groups excluding carboxylic acids is 2. The Kier molecular flexibility index (Phi) is 3.54. The Hall–Kier alpha value is -1.36. The van der Waals surface area contributed by atoms with Crippen LogP contribution in [-0.2, 0) is 9.59 Å². The van der Waals surface area contributed by atoms with Gasteiger partial charge in [-0.3, -0.25) is 9.59 Å². The van der Waals surface area contributed by atoms with Crippen molar-refractivity contribution in [2.75, 3.05) is 18.0 Å². The molecule has 0 aliphatic carbocycles. The predicted molar refractivity (Wildman–Crippen MR) is 80.6 cm³/mol. The average molecular weight is 337 g/mol. The van der Waals surface area contributed by atoms with Crippen LogP contribution in [0, 0.1) is 6.92 Å². The molecule has 0 N–H and O–H groups in total. The number of hydrogen-bond donors (Lipinski definition) is 0. The van der Waals surface area contributed by atoms with Crippen LogP contribution in [0.2, 0.25) is 0 Å². The van der Waals surface area contributed by atoms with E-state index < -0.39 is 0 Å². The number of piperidine rings is 1. The average Bonchev–Trinajstić information content (AvgIpc) is 2.46. The van der Waals surface area contributed by atoms with Gasteiger partial charge >= 0.3 is 0 Å². The van der Waals surface area contributed by atoms with Gasteiger partial charge in [-0.25, -0.2) is 0 Å². The molecule has 0 bridgehead atoms. The van der Waals surface area contributed by atoms with Crippen molar-refractivity contribution in [3.05, 3.63) is 28.2 Å². The molecule has 3 rings (SSSR count). The number of carbonyl (C=O) groups is 2. The van der Waals surface area contributed by atoms with E-state index in [4.69, 9.17) is 0 Å². The van der Waals surface area contributed by atoms with E-state index in [-0.39, 0.29) is 24.4 Å². The van der Waals surface area contributed by atoms with Crippen LogP contribution >= 0.6 is 15.9 Å². The van der Waals surface area contributed by atoms with Crippen LogP contribution in [-0.4, -0.2) is 35.8 Å². The zero-order valence-corrected chi connectivity index (χ0v) is 13.0. The number of hydrogen-bond acceptors (Lipinski definition) is 2. The van der Waals surface area contributed by atoms with Crippen molar-refractivity contribution in [2.24, 2.45) is 0 Å². The van der Waals surface area contributed by atoms with Gasteiger partial charge in [-0.05, 0) is 43.9 Å². The molecule has 2 saturated heterocycles. The summed E-state index contributed by atoms with van der Waals surface area (Å²) in [6.45, 7) is 2.88. The zero-order valence-electron chi connectivity index (χ0n) is 11.4. The lowest BCUT2D eigenvalue weighted by atomic mass is 9.98. The van der Waals surface area contributed by atoms with Crippen molar-refractivity contribution >= 4 is 33.4 Å². The summed E-state index contributed by atoms with van der Waals surface area (Å²) in [5.74, 6) is 0.117. The SMILES string of the molecule is Cc1ccc(N2CC(=O)N3CCCCC3C2=O)cc1Br. The molecule has 1 atom stereocenters. The molecular formula is C15H17BrN2O2.